The van der Waals surface area contributed by atoms with Gasteiger partial charge in [-0.05, 0) is 49.2 Å². The average Bonchev–Trinajstić information content (AvgIpc) is 2.61. The number of hydrogen-bond donors (Lipinski definition) is 1. The van der Waals surface area contributed by atoms with Gasteiger partial charge in [0.2, 0.25) is 15.9 Å². The van der Waals surface area contributed by atoms with Crippen molar-refractivity contribution < 1.29 is 21.6 Å². The minimum atomic E-state index is -3.73. The molecule has 7 nitrogen and oxygen atoms in total. The molecule has 1 atom stereocenters. The van der Waals surface area contributed by atoms with E-state index >= 15 is 0 Å². The predicted molar refractivity (Wildman–Crippen MR) is 114 cm³/mol. The molecule has 0 saturated carbocycles. The van der Waals surface area contributed by atoms with Gasteiger partial charge in [-0.1, -0.05) is 29.8 Å². The summed E-state index contributed by atoms with van der Waals surface area (Å²) in [6, 6.07) is 10.5. The van der Waals surface area contributed by atoms with Crippen molar-refractivity contribution in [2.24, 2.45) is 0 Å². The van der Waals surface area contributed by atoms with Crippen LogP contribution >= 0.6 is 11.6 Å². The zero-order chi connectivity index (χ0) is 22.0. The van der Waals surface area contributed by atoms with Gasteiger partial charge in [0.15, 0.2) is 9.84 Å². The van der Waals surface area contributed by atoms with Crippen LogP contribution in [-0.2, 0) is 24.7 Å². The van der Waals surface area contributed by atoms with Crippen molar-refractivity contribution in [2.45, 2.75) is 24.8 Å². The molecule has 0 fully saturated rings. The van der Waals surface area contributed by atoms with E-state index in [4.69, 9.17) is 11.6 Å². The molecule has 0 radical (unpaired) electrons. The summed E-state index contributed by atoms with van der Waals surface area (Å²) < 4.78 is 48.6. The topological polar surface area (TPSA) is 101 Å². The first-order valence-electron chi connectivity index (χ1n) is 8.63. The zero-order valence-electron chi connectivity index (χ0n) is 16.5. The highest BCUT2D eigenvalue weighted by Gasteiger charge is 2.24. The van der Waals surface area contributed by atoms with Crippen molar-refractivity contribution in [1.29, 1.82) is 0 Å². The van der Waals surface area contributed by atoms with Crippen LogP contribution in [0.2, 0.25) is 5.02 Å². The van der Waals surface area contributed by atoms with E-state index in [0.29, 0.717) is 21.8 Å². The van der Waals surface area contributed by atoms with E-state index in [2.05, 4.69) is 5.32 Å². The summed E-state index contributed by atoms with van der Waals surface area (Å²) in [7, 11) is -7.04. The smallest absolute Gasteiger partial charge is 0.241 e. The van der Waals surface area contributed by atoms with Crippen LogP contribution in [0.5, 0.6) is 0 Å². The van der Waals surface area contributed by atoms with Gasteiger partial charge in [0.1, 0.15) is 6.54 Å². The second kappa shape index (κ2) is 8.73. The van der Waals surface area contributed by atoms with Crippen LogP contribution in [0.3, 0.4) is 0 Å². The third kappa shape index (κ3) is 5.94. The lowest BCUT2D eigenvalue weighted by atomic mass is 10.1. The molecule has 1 amide bonds. The summed E-state index contributed by atoms with van der Waals surface area (Å²) in [6.45, 7) is 2.99. The highest BCUT2D eigenvalue weighted by molar-refractivity contribution is 7.92. The fraction of sp³-hybridized carbons (Fsp3) is 0.316. The number of hydrogen-bond acceptors (Lipinski definition) is 5. The van der Waals surface area contributed by atoms with E-state index in [1.807, 2.05) is 0 Å². The van der Waals surface area contributed by atoms with Gasteiger partial charge in [0.25, 0.3) is 0 Å². The lowest BCUT2D eigenvalue weighted by molar-refractivity contribution is -0.120. The summed E-state index contributed by atoms with van der Waals surface area (Å²) in [6.07, 6.45) is 2.14. The zero-order valence-corrected chi connectivity index (χ0v) is 18.9. The maximum atomic E-state index is 12.5. The molecule has 2 aromatic carbocycles. The Labute approximate surface area is 176 Å². The van der Waals surface area contributed by atoms with Gasteiger partial charge in [0.05, 0.1) is 22.9 Å². The van der Waals surface area contributed by atoms with Gasteiger partial charge in [-0.2, -0.15) is 0 Å². The van der Waals surface area contributed by atoms with E-state index in [1.54, 1.807) is 44.2 Å². The minimum Gasteiger partial charge on any atom is -0.348 e. The number of amides is 1. The molecule has 0 heterocycles. The number of sulfone groups is 1. The van der Waals surface area contributed by atoms with Crippen molar-refractivity contribution in [2.75, 3.05) is 23.4 Å². The monoisotopic (exact) mass is 458 g/mol. The predicted octanol–water partition coefficient (Wildman–Crippen LogP) is 2.70. The van der Waals surface area contributed by atoms with Crippen molar-refractivity contribution >= 4 is 43.1 Å². The number of nitrogens with one attached hydrogen (secondary N) is 1. The Morgan fingerprint density at radius 3 is 2.17 bits per heavy atom. The molecular weight excluding hydrogens is 436 g/mol. The Balaban J connectivity index is 2.19. The van der Waals surface area contributed by atoms with Gasteiger partial charge in [-0.15, -0.1) is 0 Å². The molecule has 29 heavy (non-hydrogen) atoms. The summed E-state index contributed by atoms with van der Waals surface area (Å²) >= 11 is 6.09. The number of carbonyl (C=O) groups excluding carboxylic acids is 1. The van der Waals surface area contributed by atoms with E-state index in [0.717, 1.165) is 16.8 Å². The molecule has 10 heteroatoms. The Hall–Kier alpha value is -2.10. The molecule has 1 N–H and O–H groups in total. The first-order valence-corrected chi connectivity index (χ1v) is 12.7. The van der Waals surface area contributed by atoms with Crippen LogP contribution in [0.1, 0.15) is 24.1 Å². The van der Waals surface area contributed by atoms with Crippen molar-refractivity contribution in [1.82, 2.24) is 5.32 Å². The fourth-order valence-electron chi connectivity index (χ4n) is 2.75. The number of nitrogens with zero attached hydrogens (tertiary/aromatic N) is 1. The molecule has 0 bridgehead atoms. The summed E-state index contributed by atoms with van der Waals surface area (Å²) in [4.78, 5) is 12.7. The molecule has 0 aliphatic carbocycles. The van der Waals surface area contributed by atoms with Gasteiger partial charge in [0, 0.05) is 11.3 Å². The third-order valence-corrected chi connectivity index (χ3v) is 7.05. The molecule has 0 aromatic heterocycles. The second-order valence-corrected chi connectivity index (χ2v) is 11.1. The SMILES string of the molecule is Cc1c(Cl)cccc1N(CC(=O)N[C@@H](C)c1ccc(S(C)(=O)=O)cc1)S(C)(=O)=O. The Kier molecular flexibility index (Phi) is 6.97. The van der Waals surface area contributed by atoms with Crippen molar-refractivity contribution in [3.63, 3.8) is 0 Å². The lowest BCUT2D eigenvalue weighted by Gasteiger charge is -2.25. The Morgan fingerprint density at radius 2 is 1.66 bits per heavy atom. The summed E-state index contributed by atoms with van der Waals surface area (Å²) in [5, 5.41) is 3.13. The standard InChI is InChI=1S/C19H23ClN2O5S2/c1-13-17(20)6-5-7-18(13)22(29(4,26)27)12-19(23)21-14(2)15-8-10-16(11-9-15)28(3,24)25/h5-11,14H,12H2,1-4H3,(H,21,23)/t14-/m0/s1. The highest BCUT2D eigenvalue weighted by atomic mass is 35.5. The quantitative estimate of drug-likeness (QED) is 0.687. The maximum absolute atomic E-state index is 12.5. The number of halogens is 1. The molecule has 0 spiro atoms. The van der Waals surface area contributed by atoms with Crippen LogP contribution in [-0.4, -0.2) is 41.8 Å². The first-order chi connectivity index (χ1) is 13.3. The fourth-order valence-corrected chi connectivity index (χ4v) is 4.46. The van der Waals surface area contributed by atoms with E-state index in [9.17, 15) is 21.6 Å². The Morgan fingerprint density at radius 1 is 1.07 bits per heavy atom. The largest absolute Gasteiger partial charge is 0.348 e. The lowest BCUT2D eigenvalue weighted by Crippen LogP contribution is -2.41. The molecular formula is C19H23ClN2O5S2. The number of carbonyl (C=O) groups is 1. The Bertz CT molecular complexity index is 1110. The molecule has 0 aliphatic rings. The summed E-state index contributed by atoms with van der Waals surface area (Å²) in [5.41, 5.74) is 1.58. The van der Waals surface area contributed by atoms with Gasteiger partial charge in [-0.25, -0.2) is 16.8 Å². The number of anilines is 1. The van der Waals surface area contributed by atoms with Crippen LogP contribution in [0, 0.1) is 6.92 Å². The van der Waals surface area contributed by atoms with Gasteiger partial charge < -0.3 is 5.32 Å². The normalized spacial score (nSPS) is 13.0. The van der Waals surface area contributed by atoms with Gasteiger partial charge >= 0.3 is 0 Å². The molecule has 158 valence electrons. The second-order valence-electron chi connectivity index (χ2n) is 6.78. The number of benzene rings is 2. The molecule has 2 aromatic rings. The van der Waals surface area contributed by atoms with E-state index < -0.39 is 38.4 Å². The molecule has 0 aliphatic heterocycles. The summed E-state index contributed by atoms with van der Waals surface area (Å²) in [5.74, 6) is -0.505. The average molecular weight is 459 g/mol. The van der Waals surface area contributed by atoms with Crippen molar-refractivity contribution in [3.05, 3.63) is 58.6 Å². The van der Waals surface area contributed by atoms with Crippen LogP contribution in [0.25, 0.3) is 0 Å². The van der Waals surface area contributed by atoms with Crippen LogP contribution in [0.15, 0.2) is 47.4 Å². The molecule has 2 rings (SSSR count). The van der Waals surface area contributed by atoms with E-state index in [1.165, 1.54) is 12.1 Å². The minimum absolute atomic E-state index is 0.180. The number of sulfonamides is 1. The molecule has 0 unspecified atom stereocenters. The number of rotatable bonds is 7. The maximum Gasteiger partial charge on any atom is 0.241 e. The highest BCUT2D eigenvalue weighted by Crippen LogP contribution is 2.28. The molecule has 0 saturated heterocycles. The van der Waals surface area contributed by atoms with E-state index in [-0.39, 0.29) is 4.90 Å². The van der Waals surface area contributed by atoms with Crippen molar-refractivity contribution in [3.8, 4) is 0 Å². The van der Waals surface area contributed by atoms with Gasteiger partial charge in [-0.3, -0.25) is 9.10 Å². The van der Waals surface area contributed by atoms with Crippen LogP contribution < -0.4 is 9.62 Å². The van der Waals surface area contributed by atoms with Crippen LogP contribution in [0.4, 0.5) is 5.69 Å². The third-order valence-electron chi connectivity index (χ3n) is 4.38. The first kappa shape index (κ1) is 23.2.